The van der Waals surface area contributed by atoms with Crippen molar-refractivity contribution in [3.05, 3.63) is 23.8 Å². The topological polar surface area (TPSA) is 75.6 Å². The lowest BCUT2D eigenvalue weighted by atomic mass is 10.1. The lowest BCUT2D eigenvalue weighted by molar-refractivity contribution is 0.100. The standard InChI is InChI=1S/C13H20N4O/c1-2-16-5-7-17(8-6-16)12-4-3-10(14)9-11(12)13(15)18/h3-4,9H,2,5-8,14H2,1H3,(H2,15,18). The molecule has 0 unspecified atom stereocenters. The van der Waals surface area contributed by atoms with E-state index in [-0.39, 0.29) is 0 Å². The van der Waals surface area contributed by atoms with E-state index in [1.807, 2.05) is 12.1 Å². The smallest absolute Gasteiger partial charge is 0.250 e. The Morgan fingerprint density at radius 3 is 2.50 bits per heavy atom. The van der Waals surface area contributed by atoms with E-state index in [4.69, 9.17) is 11.5 Å². The molecular weight excluding hydrogens is 228 g/mol. The lowest BCUT2D eigenvalue weighted by Crippen LogP contribution is -2.46. The van der Waals surface area contributed by atoms with Gasteiger partial charge in [-0.25, -0.2) is 0 Å². The summed E-state index contributed by atoms with van der Waals surface area (Å²) in [6.45, 7) is 7.08. The molecule has 1 amide bonds. The summed E-state index contributed by atoms with van der Waals surface area (Å²) in [5, 5.41) is 0. The van der Waals surface area contributed by atoms with E-state index in [0.29, 0.717) is 11.3 Å². The number of benzene rings is 1. The third-order valence-corrected chi connectivity index (χ3v) is 3.45. The first-order valence-corrected chi connectivity index (χ1v) is 6.28. The van der Waals surface area contributed by atoms with Crippen molar-refractivity contribution >= 4 is 17.3 Å². The highest BCUT2D eigenvalue weighted by Crippen LogP contribution is 2.24. The third kappa shape index (κ3) is 2.56. The van der Waals surface area contributed by atoms with E-state index in [0.717, 1.165) is 38.4 Å². The van der Waals surface area contributed by atoms with Gasteiger partial charge in [-0.2, -0.15) is 0 Å². The molecule has 2 rings (SSSR count). The Morgan fingerprint density at radius 2 is 1.94 bits per heavy atom. The van der Waals surface area contributed by atoms with E-state index in [1.54, 1.807) is 6.07 Å². The Labute approximate surface area is 107 Å². The maximum Gasteiger partial charge on any atom is 0.250 e. The van der Waals surface area contributed by atoms with Crippen LogP contribution in [-0.4, -0.2) is 43.5 Å². The normalized spacial score (nSPS) is 16.8. The molecule has 0 radical (unpaired) electrons. The predicted molar refractivity (Wildman–Crippen MR) is 73.7 cm³/mol. The Bertz CT molecular complexity index is 439. The van der Waals surface area contributed by atoms with Crippen LogP contribution in [0.15, 0.2) is 18.2 Å². The van der Waals surface area contributed by atoms with Crippen LogP contribution in [0, 0.1) is 0 Å². The van der Waals surface area contributed by atoms with E-state index in [1.165, 1.54) is 0 Å². The number of hydrogen-bond donors (Lipinski definition) is 2. The molecule has 1 saturated heterocycles. The number of amides is 1. The number of nitrogens with zero attached hydrogens (tertiary/aromatic N) is 2. The zero-order valence-electron chi connectivity index (χ0n) is 10.7. The number of carbonyl (C=O) groups excluding carboxylic acids is 1. The molecule has 5 nitrogen and oxygen atoms in total. The van der Waals surface area contributed by atoms with Crippen LogP contribution < -0.4 is 16.4 Å². The number of nitrogens with two attached hydrogens (primary N) is 2. The Balaban J connectivity index is 2.21. The zero-order valence-corrected chi connectivity index (χ0v) is 10.7. The van der Waals surface area contributed by atoms with Crippen molar-refractivity contribution in [2.75, 3.05) is 43.4 Å². The molecule has 5 heteroatoms. The molecule has 1 aromatic carbocycles. The van der Waals surface area contributed by atoms with Crippen LogP contribution in [0.2, 0.25) is 0 Å². The average Bonchev–Trinajstić information content (AvgIpc) is 2.39. The molecule has 0 saturated carbocycles. The highest BCUT2D eigenvalue weighted by atomic mass is 16.1. The van der Waals surface area contributed by atoms with Gasteiger partial charge in [0.15, 0.2) is 0 Å². The molecule has 1 aliphatic rings. The number of carbonyl (C=O) groups is 1. The Hall–Kier alpha value is -1.75. The van der Waals surface area contributed by atoms with Crippen LogP contribution in [0.25, 0.3) is 0 Å². The van der Waals surface area contributed by atoms with Crippen molar-refractivity contribution in [1.29, 1.82) is 0 Å². The van der Waals surface area contributed by atoms with E-state index < -0.39 is 5.91 Å². The van der Waals surface area contributed by atoms with Crippen LogP contribution in [-0.2, 0) is 0 Å². The minimum atomic E-state index is -0.421. The molecule has 1 aromatic rings. The number of likely N-dealkylation sites (N-methyl/N-ethyl adjacent to an activating group) is 1. The van der Waals surface area contributed by atoms with Gasteiger partial charge in [0.25, 0.3) is 5.91 Å². The number of nitrogen functional groups attached to an aromatic ring is 1. The van der Waals surface area contributed by atoms with Crippen molar-refractivity contribution in [1.82, 2.24) is 4.90 Å². The third-order valence-electron chi connectivity index (χ3n) is 3.45. The number of primary amides is 1. The van der Waals surface area contributed by atoms with Gasteiger partial charge in [0.05, 0.1) is 5.56 Å². The van der Waals surface area contributed by atoms with Crippen LogP contribution in [0.5, 0.6) is 0 Å². The second-order valence-corrected chi connectivity index (χ2v) is 4.56. The molecule has 0 spiro atoms. The highest BCUT2D eigenvalue weighted by Gasteiger charge is 2.19. The van der Waals surface area contributed by atoms with Gasteiger partial charge in [-0.15, -0.1) is 0 Å². The van der Waals surface area contributed by atoms with Gasteiger partial charge in [0.2, 0.25) is 0 Å². The summed E-state index contributed by atoms with van der Waals surface area (Å²) in [4.78, 5) is 16.1. The van der Waals surface area contributed by atoms with Crippen LogP contribution in [0.4, 0.5) is 11.4 Å². The first-order chi connectivity index (χ1) is 8.61. The van der Waals surface area contributed by atoms with Gasteiger partial charge in [0.1, 0.15) is 0 Å². The van der Waals surface area contributed by atoms with Crippen molar-refractivity contribution in [3.63, 3.8) is 0 Å². The van der Waals surface area contributed by atoms with Crippen LogP contribution >= 0.6 is 0 Å². The predicted octanol–water partition coefficient (Wildman–Crippen LogP) is 0.510. The second-order valence-electron chi connectivity index (χ2n) is 4.56. The summed E-state index contributed by atoms with van der Waals surface area (Å²) in [7, 11) is 0. The molecule has 0 bridgehead atoms. The van der Waals surface area contributed by atoms with Crippen molar-refractivity contribution in [2.24, 2.45) is 5.73 Å². The zero-order chi connectivity index (χ0) is 13.1. The summed E-state index contributed by atoms with van der Waals surface area (Å²) in [5.74, 6) is -0.421. The number of hydrogen-bond acceptors (Lipinski definition) is 4. The van der Waals surface area contributed by atoms with Crippen LogP contribution in [0.1, 0.15) is 17.3 Å². The lowest BCUT2D eigenvalue weighted by Gasteiger charge is -2.36. The van der Waals surface area contributed by atoms with Gasteiger partial charge in [-0.1, -0.05) is 6.92 Å². The maximum atomic E-state index is 11.5. The second kappa shape index (κ2) is 5.27. The summed E-state index contributed by atoms with van der Waals surface area (Å²) in [6, 6.07) is 5.36. The quantitative estimate of drug-likeness (QED) is 0.764. The monoisotopic (exact) mass is 248 g/mol. The van der Waals surface area contributed by atoms with Gasteiger partial charge < -0.3 is 21.3 Å². The van der Waals surface area contributed by atoms with Crippen molar-refractivity contribution < 1.29 is 4.79 Å². The highest BCUT2D eigenvalue weighted by molar-refractivity contribution is 5.99. The molecule has 18 heavy (non-hydrogen) atoms. The molecule has 1 aliphatic heterocycles. The fourth-order valence-corrected chi connectivity index (χ4v) is 2.33. The minimum Gasteiger partial charge on any atom is -0.399 e. The SMILES string of the molecule is CCN1CCN(c2ccc(N)cc2C(N)=O)CC1. The first kappa shape index (κ1) is 12.7. The average molecular weight is 248 g/mol. The van der Waals surface area contributed by atoms with Gasteiger partial charge >= 0.3 is 0 Å². The number of anilines is 2. The van der Waals surface area contributed by atoms with E-state index >= 15 is 0 Å². The molecular formula is C13H20N4O. The molecule has 0 aliphatic carbocycles. The summed E-state index contributed by atoms with van der Waals surface area (Å²) >= 11 is 0. The van der Waals surface area contributed by atoms with Gasteiger partial charge in [0, 0.05) is 37.6 Å². The van der Waals surface area contributed by atoms with Crippen molar-refractivity contribution in [3.8, 4) is 0 Å². The van der Waals surface area contributed by atoms with Crippen LogP contribution in [0.3, 0.4) is 0 Å². The fourth-order valence-electron chi connectivity index (χ4n) is 2.33. The number of rotatable bonds is 3. The fraction of sp³-hybridized carbons (Fsp3) is 0.462. The largest absolute Gasteiger partial charge is 0.399 e. The summed E-state index contributed by atoms with van der Waals surface area (Å²) < 4.78 is 0. The summed E-state index contributed by atoms with van der Waals surface area (Å²) in [5.41, 5.74) is 13.1. The van der Waals surface area contributed by atoms with E-state index in [9.17, 15) is 4.79 Å². The minimum absolute atomic E-state index is 0.421. The Kier molecular flexibility index (Phi) is 3.72. The van der Waals surface area contributed by atoms with E-state index in [2.05, 4.69) is 16.7 Å². The maximum absolute atomic E-state index is 11.5. The molecule has 98 valence electrons. The van der Waals surface area contributed by atoms with Crippen molar-refractivity contribution in [2.45, 2.75) is 6.92 Å². The molecule has 1 heterocycles. The summed E-state index contributed by atoms with van der Waals surface area (Å²) in [6.07, 6.45) is 0. The van der Waals surface area contributed by atoms with Gasteiger partial charge in [-0.05, 0) is 24.7 Å². The first-order valence-electron chi connectivity index (χ1n) is 6.28. The molecule has 0 atom stereocenters. The Morgan fingerprint density at radius 1 is 1.28 bits per heavy atom. The molecule has 0 aromatic heterocycles. The molecule has 1 fully saturated rings. The van der Waals surface area contributed by atoms with Gasteiger partial charge in [-0.3, -0.25) is 4.79 Å². The molecule has 4 N–H and O–H groups in total. The number of piperazine rings is 1.